The van der Waals surface area contributed by atoms with E-state index < -0.39 is 0 Å². The Morgan fingerprint density at radius 2 is 1.92 bits per heavy atom. The molecule has 2 N–H and O–H groups in total. The predicted molar refractivity (Wildman–Crippen MR) is 95.6 cm³/mol. The Hall–Kier alpha value is -3.01. The van der Waals surface area contributed by atoms with Crippen LogP contribution < -0.4 is 10.2 Å². The molecule has 3 aromatic carbocycles. The predicted octanol–water partition coefficient (Wildman–Crippen LogP) is 3.99. The van der Waals surface area contributed by atoms with E-state index in [-0.39, 0.29) is 11.8 Å². The fourth-order valence-corrected chi connectivity index (χ4v) is 3.22. The Bertz CT molecular complexity index is 929. The highest BCUT2D eigenvalue weighted by Crippen LogP contribution is 2.33. The van der Waals surface area contributed by atoms with Gasteiger partial charge in [-0.1, -0.05) is 42.5 Å². The minimum absolute atomic E-state index is 0.0942. The fraction of sp³-hybridized carbons (Fsp3) is 0.150. The molecule has 0 spiro atoms. The van der Waals surface area contributed by atoms with E-state index in [9.17, 15) is 5.11 Å². The van der Waals surface area contributed by atoms with Crippen LogP contribution in [0.25, 0.3) is 10.8 Å². The molecule has 1 aliphatic heterocycles. The average molecular weight is 318 g/mol. The summed E-state index contributed by atoms with van der Waals surface area (Å²) in [6.45, 7) is 0. The summed E-state index contributed by atoms with van der Waals surface area (Å²) >= 11 is 0. The highest BCUT2D eigenvalue weighted by molar-refractivity contribution is 6.04. The molecule has 0 amide bonds. The second-order valence-corrected chi connectivity index (χ2v) is 5.90. The maximum absolute atomic E-state index is 10.2. The normalized spacial score (nSPS) is 16.7. The van der Waals surface area contributed by atoms with Crippen LogP contribution in [0.3, 0.4) is 0 Å². The van der Waals surface area contributed by atoms with Gasteiger partial charge in [0, 0.05) is 12.0 Å². The molecule has 4 rings (SSSR count). The van der Waals surface area contributed by atoms with E-state index in [0.29, 0.717) is 17.7 Å². The van der Waals surface area contributed by atoms with Crippen LogP contribution in [0, 0.1) is 0 Å². The zero-order valence-corrected chi connectivity index (χ0v) is 13.4. The lowest BCUT2D eigenvalue weighted by molar-refractivity contribution is 0.412. The van der Waals surface area contributed by atoms with Gasteiger partial charge in [0.1, 0.15) is 11.5 Å². The van der Waals surface area contributed by atoms with Crippen molar-refractivity contribution in [2.45, 2.75) is 12.5 Å². The summed E-state index contributed by atoms with van der Waals surface area (Å²) in [5, 5.41) is 17.1. The van der Waals surface area contributed by atoms with Crippen molar-refractivity contribution in [2.24, 2.45) is 5.10 Å². The van der Waals surface area contributed by atoms with Gasteiger partial charge < -0.3 is 15.3 Å². The van der Waals surface area contributed by atoms with Crippen molar-refractivity contribution in [1.82, 2.24) is 5.43 Å². The van der Waals surface area contributed by atoms with E-state index in [1.807, 2.05) is 12.1 Å². The maximum Gasteiger partial charge on any atom is 0.124 e. The molecule has 3 aromatic rings. The lowest BCUT2D eigenvalue weighted by Crippen LogP contribution is -2.10. The summed E-state index contributed by atoms with van der Waals surface area (Å²) in [5.74, 6) is 0.925. The molecule has 24 heavy (non-hydrogen) atoms. The van der Waals surface area contributed by atoms with Gasteiger partial charge >= 0.3 is 0 Å². The van der Waals surface area contributed by atoms with Crippen LogP contribution in [-0.4, -0.2) is 17.9 Å². The Kier molecular flexibility index (Phi) is 3.58. The smallest absolute Gasteiger partial charge is 0.124 e. The lowest BCUT2D eigenvalue weighted by Gasteiger charge is -2.13. The summed E-state index contributed by atoms with van der Waals surface area (Å²) in [4.78, 5) is 0. The minimum atomic E-state index is 0.0942. The van der Waals surface area contributed by atoms with Crippen LogP contribution in [0.5, 0.6) is 11.5 Å². The molecule has 0 fully saturated rings. The first kappa shape index (κ1) is 14.6. The van der Waals surface area contributed by atoms with Gasteiger partial charge in [-0.15, -0.1) is 0 Å². The highest BCUT2D eigenvalue weighted by Gasteiger charge is 2.24. The molecule has 0 radical (unpaired) electrons. The monoisotopic (exact) mass is 318 g/mol. The van der Waals surface area contributed by atoms with E-state index in [2.05, 4.69) is 46.9 Å². The number of phenolic OH excluding ortho intramolecular Hbond substituents is 1. The van der Waals surface area contributed by atoms with Gasteiger partial charge in [-0.3, -0.25) is 0 Å². The average Bonchev–Trinajstić information content (AvgIpc) is 3.11. The molecule has 0 saturated carbocycles. The number of phenols is 1. The van der Waals surface area contributed by atoms with Gasteiger partial charge in [0.05, 0.1) is 18.9 Å². The van der Waals surface area contributed by atoms with Crippen LogP contribution in [0.15, 0.2) is 65.8 Å². The third kappa shape index (κ3) is 2.46. The van der Waals surface area contributed by atoms with Gasteiger partial charge in [-0.2, -0.15) is 5.10 Å². The molecule has 0 aliphatic carbocycles. The molecule has 0 aromatic heterocycles. The van der Waals surface area contributed by atoms with Crippen molar-refractivity contribution in [1.29, 1.82) is 0 Å². The van der Waals surface area contributed by atoms with Crippen LogP contribution in [0.2, 0.25) is 0 Å². The van der Waals surface area contributed by atoms with E-state index >= 15 is 0 Å². The number of methoxy groups -OCH3 is 1. The van der Waals surface area contributed by atoms with Gasteiger partial charge in [-0.25, -0.2) is 0 Å². The number of nitrogens with zero attached hydrogens (tertiary/aromatic N) is 1. The number of rotatable bonds is 3. The standard InChI is InChI=1S/C20H18N2O2/c1-24-14-9-10-20(23)17(11-14)19-12-18(21-22-19)16-8-4-6-13-5-2-3-7-15(13)16/h2-11,18,21,23H,12H2,1H3. The molecule has 4 nitrogen and oxygen atoms in total. The Morgan fingerprint density at radius 1 is 1.08 bits per heavy atom. The molecule has 4 heteroatoms. The third-order valence-corrected chi connectivity index (χ3v) is 4.47. The van der Waals surface area contributed by atoms with Crippen molar-refractivity contribution >= 4 is 16.5 Å². The molecule has 1 aliphatic rings. The van der Waals surface area contributed by atoms with Crippen LogP contribution >= 0.6 is 0 Å². The number of fused-ring (bicyclic) bond motifs is 1. The maximum atomic E-state index is 10.2. The number of hydrogen-bond donors (Lipinski definition) is 2. The molecular formula is C20H18N2O2. The number of aromatic hydroxyl groups is 1. The van der Waals surface area contributed by atoms with Crippen LogP contribution in [0.1, 0.15) is 23.6 Å². The van der Waals surface area contributed by atoms with Crippen molar-refractivity contribution in [3.05, 3.63) is 71.8 Å². The summed E-state index contributed by atoms with van der Waals surface area (Å²) in [7, 11) is 1.61. The zero-order chi connectivity index (χ0) is 16.5. The number of hydrogen-bond acceptors (Lipinski definition) is 4. The third-order valence-electron chi connectivity index (χ3n) is 4.47. The van der Waals surface area contributed by atoms with Crippen molar-refractivity contribution < 1.29 is 9.84 Å². The van der Waals surface area contributed by atoms with E-state index in [1.165, 1.54) is 16.3 Å². The number of ether oxygens (including phenoxy) is 1. The summed E-state index contributed by atoms with van der Waals surface area (Å²) in [6.07, 6.45) is 0.717. The Balaban J connectivity index is 1.67. The quantitative estimate of drug-likeness (QED) is 0.767. The van der Waals surface area contributed by atoms with Gasteiger partial charge in [0.2, 0.25) is 0 Å². The molecule has 0 saturated heterocycles. The SMILES string of the molecule is COc1ccc(O)c(C2=NNC(c3cccc4ccccc34)C2)c1. The molecule has 1 unspecified atom stereocenters. The van der Waals surface area contributed by atoms with E-state index in [0.717, 1.165) is 5.71 Å². The fourth-order valence-electron chi connectivity index (χ4n) is 3.22. The second kappa shape index (κ2) is 5.89. The van der Waals surface area contributed by atoms with Crippen molar-refractivity contribution in [3.8, 4) is 11.5 Å². The first-order chi connectivity index (χ1) is 11.8. The van der Waals surface area contributed by atoms with E-state index in [4.69, 9.17) is 4.74 Å². The summed E-state index contributed by atoms with van der Waals surface area (Å²) in [5.41, 5.74) is 5.98. The Labute approximate surface area is 140 Å². The Morgan fingerprint density at radius 3 is 2.79 bits per heavy atom. The second-order valence-electron chi connectivity index (χ2n) is 5.90. The molecule has 1 heterocycles. The first-order valence-corrected chi connectivity index (χ1v) is 7.93. The molecule has 1 atom stereocenters. The highest BCUT2D eigenvalue weighted by atomic mass is 16.5. The number of nitrogens with one attached hydrogen (secondary N) is 1. The number of hydrazone groups is 1. The van der Waals surface area contributed by atoms with Crippen molar-refractivity contribution in [3.63, 3.8) is 0 Å². The number of benzene rings is 3. The molecule has 120 valence electrons. The first-order valence-electron chi connectivity index (χ1n) is 7.93. The summed E-state index contributed by atoms with van der Waals surface area (Å²) < 4.78 is 5.25. The molecular weight excluding hydrogens is 300 g/mol. The van der Waals surface area contributed by atoms with Crippen LogP contribution in [0.4, 0.5) is 0 Å². The topological polar surface area (TPSA) is 53.9 Å². The molecule has 0 bridgehead atoms. The van der Waals surface area contributed by atoms with E-state index in [1.54, 1.807) is 19.2 Å². The minimum Gasteiger partial charge on any atom is -0.507 e. The van der Waals surface area contributed by atoms with Gasteiger partial charge in [0.25, 0.3) is 0 Å². The van der Waals surface area contributed by atoms with Gasteiger partial charge in [0.15, 0.2) is 0 Å². The van der Waals surface area contributed by atoms with Gasteiger partial charge in [-0.05, 0) is 34.5 Å². The largest absolute Gasteiger partial charge is 0.507 e. The van der Waals surface area contributed by atoms with Crippen LogP contribution in [-0.2, 0) is 0 Å². The van der Waals surface area contributed by atoms with Crippen molar-refractivity contribution in [2.75, 3.05) is 7.11 Å². The summed E-state index contributed by atoms with van der Waals surface area (Å²) in [6, 6.07) is 20.0. The zero-order valence-electron chi connectivity index (χ0n) is 13.4. The lowest BCUT2D eigenvalue weighted by atomic mass is 9.94.